The summed E-state index contributed by atoms with van der Waals surface area (Å²) in [5, 5.41) is 10.4. The van der Waals surface area contributed by atoms with E-state index in [0.717, 1.165) is 12.1 Å². The van der Waals surface area contributed by atoms with E-state index >= 15 is 0 Å². The largest absolute Gasteiger partial charge is 0.505 e. The Bertz CT molecular complexity index is 962. The van der Waals surface area contributed by atoms with Crippen LogP contribution in [0.3, 0.4) is 0 Å². The maximum Gasteiger partial charge on any atom is 0.417 e. The van der Waals surface area contributed by atoms with Gasteiger partial charge in [0.2, 0.25) is 0 Å². The Kier molecular flexibility index (Phi) is 3.35. The van der Waals surface area contributed by atoms with Gasteiger partial charge >= 0.3 is 6.18 Å². The summed E-state index contributed by atoms with van der Waals surface area (Å²) in [5.41, 5.74) is -2.08. The van der Waals surface area contributed by atoms with Crippen LogP contribution in [0.1, 0.15) is 5.56 Å². The van der Waals surface area contributed by atoms with Crippen molar-refractivity contribution in [2.24, 2.45) is 7.05 Å². The highest BCUT2D eigenvalue weighted by Crippen LogP contribution is 2.39. The van der Waals surface area contributed by atoms with Crippen molar-refractivity contribution in [2.45, 2.75) is 6.18 Å². The highest BCUT2D eigenvalue weighted by atomic mass is 19.4. The minimum atomic E-state index is -4.65. The zero-order valence-corrected chi connectivity index (χ0v) is 11.9. The number of rotatable bonds is 1. The Morgan fingerprint density at radius 1 is 1.13 bits per heavy atom. The molecule has 2 heterocycles. The van der Waals surface area contributed by atoms with Crippen LogP contribution in [0, 0.1) is 0 Å². The van der Waals surface area contributed by atoms with Crippen LogP contribution < -0.4 is 5.56 Å². The van der Waals surface area contributed by atoms with Gasteiger partial charge in [-0.25, -0.2) is 0 Å². The molecule has 2 aromatic heterocycles. The Morgan fingerprint density at radius 3 is 2.52 bits per heavy atom. The summed E-state index contributed by atoms with van der Waals surface area (Å²) in [4.78, 5) is 16.5. The van der Waals surface area contributed by atoms with Crippen LogP contribution in [0.5, 0.6) is 5.75 Å². The first-order chi connectivity index (χ1) is 10.8. The molecule has 0 aliphatic heterocycles. The van der Waals surface area contributed by atoms with Crippen molar-refractivity contribution < 1.29 is 18.3 Å². The van der Waals surface area contributed by atoms with Gasteiger partial charge in [0.05, 0.1) is 16.6 Å². The molecule has 0 atom stereocenters. The lowest BCUT2D eigenvalue weighted by Crippen LogP contribution is -2.21. The first-order valence-corrected chi connectivity index (χ1v) is 6.65. The van der Waals surface area contributed by atoms with Gasteiger partial charge in [0, 0.05) is 18.8 Å². The summed E-state index contributed by atoms with van der Waals surface area (Å²) in [6.07, 6.45) is -3.25. The van der Waals surface area contributed by atoms with Crippen LogP contribution >= 0.6 is 0 Å². The number of fused-ring (bicyclic) bond motifs is 1. The number of aromatic nitrogens is 2. The van der Waals surface area contributed by atoms with Crippen molar-refractivity contribution in [3.63, 3.8) is 0 Å². The summed E-state index contributed by atoms with van der Waals surface area (Å²) >= 11 is 0. The first-order valence-electron chi connectivity index (χ1n) is 6.65. The van der Waals surface area contributed by atoms with Crippen LogP contribution in [0.4, 0.5) is 13.2 Å². The van der Waals surface area contributed by atoms with E-state index in [1.807, 2.05) is 0 Å². The fraction of sp³-hybridized carbons (Fsp3) is 0.125. The second kappa shape index (κ2) is 5.12. The lowest BCUT2D eigenvalue weighted by Gasteiger charge is -2.15. The van der Waals surface area contributed by atoms with Crippen molar-refractivity contribution in [2.75, 3.05) is 0 Å². The van der Waals surface area contributed by atoms with Gasteiger partial charge in [-0.2, -0.15) is 13.2 Å². The third-order valence-corrected chi connectivity index (χ3v) is 3.63. The smallest absolute Gasteiger partial charge is 0.417 e. The number of aromatic hydroxyl groups is 1. The third kappa shape index (κ3) is 2.34. The van der Waals surface area contributed by atoms with Crippen molar-refractivity contribution in [3.05, 3.63) is 58.5 Å². The second-order valence-electron chi connectivity index (χ2n) is 5.00. The van der Waals surface area contributed by atoms with Gasteiger partial charge in [-0.15, -0.1) is 0 Å². The predicted octanol–water partition coefficient (Wildman–Crippen LogP) is 3.32. The molecular weight excluding hydrogens is 309 g/mol. The number of halogens is 3. The molecule has 7 heteroatoms. The number of aryl methyl sites for hydroxylation is 1. The molecule has 0 spiro atoms. The van der Waals surface area contributed by atoms with Crippen LogP contribution in [-0.4, -0.2) is 14.7 Å². The average molecular weight is 320 g/mol. The number of benzene rings is 1. The quantitative estimate of drug-likeness (QED) is 0.748. The first kappa shape index (κ1) is 15.1. The third-order valence-electron chi connectivity index (χ3n) is 3.63. The monoisotopic (exact) mass is 320 g/mol. The van der Waals surface area contributed by atoms with Crippen LogP contribution in [-0.2, 0) is 13.2 Å². The van der Waals surface area contributed by atoms with Crippen LogP contribution in [0.15, 0.2) is 47.4 Å². The molecule has 1 N–H and O–H groups in total. The molecule has 0 aliphatic carbocycles. The molecule has 3 aromatic rings. The lowest BCUT2D eigenvalue weighted by atomic mass is 9.99. The van der Waals surface area contributed by atoms with Crippen molar-refractivity contribution in [1.29, 1.82) is 0 Å². The standard InChI is InChI=1S/C16H11F3N2O2/c1-21-11-7-4-8-20-13(11)14(22)12(15(21)23)9-5-2-3-6-10(9)16(17,18)19/h2-8,22H,1H3. The summed E-state index contributed by atoms with van der Waals surface area (Å²) in [5.74, 6) is -0.555. The number of pyridine rings is 2. The molecule has 0 saturated heterocycles. The van der Waals surface area contributed by atoms with Gasteiger partial charge < -0.3 is 9.67 Å². The molecule has 118 valence electrons. The number of hydrogen-bond donors (Lipinski definition) is 1. The van der Waals surface area contributed by atoms with E-state index in [-0.39, 0.29) is 11.1 Å². The van der Waals surface area contributed by atoms with Crippen LogP contribution in [0.2, 0.25) is 0 Å². The van der Waals surface area contributed by atoms with E-state index < -0.39 is 28.6 Å². The topological polar surface area (TPSA) is 55.1 Å². The van der Waals surface area contributed by atoms with Gasteiger partial charge in [0.15, 0.2) is 5.75 Å². The molecule has 0 saturated carbocycles. The Morgan fingerprint density at radius 2 is 1.83 bits per heavy atom. The second-order valence-corrected chi connectivity index (χ2v) is 5.00. The SMILES string of the molecule is Cn1c(=O)c(-c2ccccc2C(F)(F)F)c(O)c2ncccc21. The van der Waals surface area contributed by atoms with E-state index in [0.29, 0.717) is 5.52 Å². The maximum absolute atomic E-state index is 13.2. The number of hydrogen-bond acceptors (Lipinski definition) is 3. The number of nitrogens with zero attached hydrogens (tertiary/aromatic N) is 2. The van der Waals surface area contributed by atoms with Gasteiger partial charge in [0.25, 0.3) is 5.56 Å². The zero-order valence-electron chi connectivity index (χ0n) is 11.9. The summed E-state index contributed by atoms with van der Waals surface area (Å²) < 4.78 is 40.8. The Labute approximate surface area is 128 Å². The molecule has 0 amide bonds. The van der Waals surface area contributed by atoms with E-state index in [9.17, 15) is 23.1 Å². The molecule has 0 unspecified atom stereocenters. The van der Waals surface area contributed by atoms with E-state index in [4.69, 9.17) is 0 Å². The fourth-order valence-electron chi connectivity index (χ4n) is 2.54. The summed E-state index contributed by atoms with van der Waals surface area (Å²) in [7, 11) is 1.42. The Hall–Kier alpha value is -2.83. The van der Waals surface area contributed by atoms with E-state index in [1.165, 1.54) is 29.9 Å². The van der Waals surface area contributed by atoms with Gasteiger partial charge in [-0.3, -0.25) is 9.78 Å². The van der Waals surface area contributed by atoms with Gasteiger partial charge in [0.1, 0.15) is 5.52 Å². The summed E-state index contributed by atoms with van der Waals surface area (Å²) in [6.45, 7) is 0. The molecule has 4 nitrogen and oxygen atoms in total. The highest BCUT2D eigenvalue weighted by Gasteiger charge is 2.35. The molecule has 0 aliphatic rings. The van der Waals surface area contributed by atoms with Crippen LogP contribution in [0.25, 0.3) is 22.2 Å². The van der Waals surface area contributed by atoms with E-state index in [1.54, 1.807) is 12.1 Å². The minimum Gasteiger partial charge on any atom is -0.505 e. The average Bonchev–Trinajstić information content (AvgIpc) is 2.52. The zero-order chi connectivity index (χ0) is 16.8. The highest BCUT2D eigenvalue weighted by molar-refractivity contribution is 5.89. The van der Waals surface area contributed by atoms with Gasteiger partial charge in [-0.1, -0.05) is 18.2 Å². The molecule has 0 fully saturated rings. The van der Waals surface area contributed by atoms with E-state index in [2.05, 4.69) is 4.98 Å². The molecular formula is C16H11F3N2O2. The van der Waals surface area contributed by atoms with Crippen molar-refractivity contribution in [3.8, 4) is 16.9 Å². The predicted molar refractivity (Wildman–Crippen MR) is 79.1 cm³/mol. The van der Waals surface area contributed by atoms with Gasteiger partial charge in [-0.05, 0) is 18.2 Å². The minimum absolute atomic E-state index is 0.0709. The molecule has 3 rings (SSSR count). The lowest BCUT2D eigenvalue weighted by molar-refractivity contribution is -0.137. The normalized spacial score (nSPS) is 11.8. The Balaban J connectivity index is 2.46. The molecule has 0 radical (unpaired) electrons. The molecule has 23 heavy (non-hydrogen) atoms. The molecule has 1 aromatic carbocycles. The number of alkyl halides is 3. The maximum atomic E-state index is 13.2. The molecule has 0 bridgehead atoms. The van der Waals surface area contributed by atoms with Crippen molar-refractivity contribution >= 4 is 11.0 Å². The summed E-state index contributed by atoms with van der Waals surface area (Å²) in [6, 6.07) is 7.78. The van der Waals surface area contributed by atoms with Crippen molar-refractivity contribution in [1.82, 2.24) is 9.55 Å². The fourth-order valence-corrected chi connectivity index (χ4v) is 2.54.